The zero-order valence-electron chi connectivity index (χ0n) is 18.0. The van der Waals surface area contributed by atoms with Gasteiger partial charge in [-0.05, 0) is 31.0 Å². The minimum absolute atomic E-state index is 0.104. The van der Waals surface area contributed by atoms with E-state index in [4.69, 9.17) is 10.3 Å². The van der Waals surface area contributed by atoms with Crippen LogP contribution in [0.3, 0.4) is 0 Å². The van der Waals surface area contributed by atoms with Gasteiger partial charge in [-0.2, -0.15) is 4.98 Å². The molecular weight excluding hydrogens is 382 g/mol. The second kappa shape index (κ2) is 9.38. The molecule has 0 aliphatic carbocycles. The van der Waals surface area contributed by atoms with E-state index in [0.717, 1.165) is 30.6 Å². The normalized spacial score (nSPS) is 17.6. The molecular formula is C22H31N5O3. The highest BCUT2D eigenvalue weighted by molar-refractivity contribution is 5.91. The van der Waals surface area contributed by atoms with Gasteiger partial charge in [0.1, 0.15) is 0 Å². The third-order valence-electron chi connectivity index (χ3n) is 5.30. The highest BCUT2D eigenvalue weighted by Crippen LogP contribution is 2.23. The number of anilines is 1. The number of nitrogens with two attached hydrogens (primary N) is 1. The fraction of sp³-hybridized carbons (Fsp3) is 0.545. The molecule has 0 bridgehead atoms. The van der Waals surface area contributed by atoms with E-state index in [9.17, 15) is 9.59 Å². The Labute approximate surface area is 177 Å². The van der Waals surface area contributed by atoms with E-state index in [2.05, 4.69) is 20.4 Å². The molecule has 8 heteroatoms. The average Bonchev–Trinajstić information content (AvgIpc) is 3.18. The number of hydrogen-bond donors (Lipinski definition) is 2. The van der Waals surface area contributed by atoms with Crippen molar-refractivity contribution in [3.8, 4) is 0 Å². The molecule has 1 unspecified atom stereocenters. The number of piperidine rings is 1. The van der Waals surface area contributed by atoms with Crippen molar-refractivity contribution in [3.63, 3.8) is 0 Å². The molecule has 2 heterocycles. The zero-order chi connectivity index (χ0) is 21.7. The van der Waals surface area contributed by atoms with Gasteiger partial charge in [-0.25, -0.2) is 0 Å². The van der Waals surface area contributed by atoms with Crippen LogP contribution >= 0.6 is 0 Å². The number of carbonyl (C=O) groups excluding carboxylic acids is 2. The number of hydrogen-bond acceptors (Lipinski definition) is 6. The maximum Gasteiger partial charge on any atom is 0.227 e. The van der Waals surface area contributed by atoms with E-state index in [1.807, 2.05) is 45.0 Å². The maximum atomic E-state index is 12.5. The van der Waals surface area contributed by atoms with Crippen LogP contribution in [0.15, 0.2) is 28.8 Å². The quantitative estimate of drug-likeness (QED) is 0.721. The van der Waals surface area contributed by atoms with E-state index >= 15 is 0 Å². The van der Waals surface area contributed by atoms with Crippen LogP contribution in [0.25, 0.3) is 0 Å². The number of aromatic nitrogens is 2. The molecule has 0 radical (unpaired) electrons. The van der Waals surface area contributed by atoms with Gasteiger partial charge in [-0.3, -0.25) is 14.5 Å². The first-order valence-electron chi connectivity index (χ1n) is 10.4. The van der Waals surface area contributed by atoms with Crippen molar-refractivity contribution in [2.45, 2.75) is 58.4 Å². The monoisotopic (exact) mass is 413 g/mol. The summed E-state index contributed by atoms with van der Waals surface area (Å²) in [7, 11) is 0. The van der Waals surface area contributed by atoms with Crippen molar-refractivity contribution in [3.05, 3.63) is 41.5 Å². The van der Waals surface area contributed by atoms with Gasteiger partial charge in [0.05, 0.1) is 5.92 Å². The van der Waals surface area contributed by atoms with Gasteiger partial charge in [-0.1, -0.05) is 44.1 Å². The van der Waals surface area contributed by atoms with Crippen molar-refractivity contribution in [2.24, 2.45) is 11.7 Å². The first-order valence-corrected chi connectivity index (χ1v) is 10.4. The van der Waals surface area contributed by atoms with Crippen molar-refractivity contribution < 1.29 is 14.1 Å². The Morgan fingerprint density at radius 3 is 2.77 bits per heavy atom. The Morgan fingerprint density at radius 2 is 2.07 bits per heavy atom. The summed E-state index contributed by atoms with van der Waals surface area (Å²) in [4.78, 5) is 30.6. The first kappa shape index (κ1) is 22.0. The lowest BCUT2D eigenvalue weighted by Gasteiger charge is -2.31. The molecule has 1 fully saturated rings. The Bertz CT molecular complexity index is 887. The highest BCUT2D eigenvalue weighted by atomic mass is 16.5. The standard InChI is InChI=1S/C22H31N5O3/c1-22(2,3)21-25-19(30-26-21)11-10-18(28)24-17-9-5-4-7-15(17)13-27-12-6-8-16(14-27)20(23)29/h4-5,7,9,16H,6,8,10-14H2,1-3H3,(H2,23,29)(H,24,28). The molecule has 0 spiro atoms. The Balaban J connectivity index is 1.57. The Hall–Kier alpha value is -2.74. The molecule has 1 aromatic heterocycles. The number of para-hydroxylation sites is 1. The van der Waals surface area contributed by atoms with Crippen LogP contribution in [0.1, 0.15) is 57.3 Å². The third kappa shape index (κ3) is 5.89. The van der Waals surface area contributed by atoms with Crippen LogP contribution in [0.2, 0.25) is 0 Å². The lowest BCUT2D eigenvalue weighted by atomic mass is 9.96. The summed E-state index contributed by atoms with van der Waals surface area (Å²) >= 11 is 0. The number of likely N-dealkylation sites (tertiary alicyclic amines) is 1. The number of primary amides is 1. The lowest BCUT2D eigenvalue weighted by molar-refractivity contribution is -0.123. The molecule has 30 heavy (non-hydrogen) atoms. The number of aryl methyl sites for hydroxylation is 1. The second-order valence-electron chi connectivity index (χ2n) is 8.94. The number of rotatable bonds is 7. The number of nitrogens with one attached hydrogen (secondary N) is 1. The molecule has 2 amide bonds. The third-order valence-corrected chi connectivity index (χ3v) is 5.30. The molecule has 2 aromatic rings. The average molecular weight is 414 g/mol. The van der Waals surface area contributed by atoms with Gasteiger partial charge in [0.2, 0.25) is 17.7 Å². The van der Waals surface area contributed by atoms with Crippen LogP contribution in [-0.4, -0.2) is 39.9 Å². The predicted molar refractivity (Wildman–Crippen MR) is 114 cm³/mol. The van der Waals surface area contributed by atoms with Gasteiger partial charge in [0, 0.05) is 37.0 Å². The summed E-state index contributed by atoms with van der Waals surface area (Å²) in [5.74, 6) is 0.657. The van der Waals surface area contributed by atoms with Crippen LogP contribution < -0.4 is 11.1 Å². The predicted octanol–water partition coefficient (Wildman–Crippen LogP) is 2.64. The largest absolute Gasteiger partial charge is 0.369 e. The molecule has 1 saturated heterocycles. The van der Waals surface area contributed by atoms with Crippen molar-refractivity contribution in [1.82, 2.24) is 15.0 Å². The van der Waals surface area contributed by atoms with E-state index in [1.54, 1.807) is 0 Å². The summed E-state index contributed by atoms with van der Waals surface area (Å²) < 4.78 is 5.26. The fourth-order valence-electron chi connectivity index (χ4n) is 3.55. The minimum Gasteiger partial charge on any atom is -0.369 e. The van der Waals surface area contributed by atoms with E-state index in [1.165, 1.54) is 0 Å². The van der Waals surface area contributed by atoms with Gasteiger partial charge >= 0.3 is 0 Å². The fourth-order valence-corrected chi connectivity index (χ4v) is 3.55. The molecule has 1 atom stereocenters. The first-order chi connectivity index (χ1) is 14.2. The van der Waals surface area contributed by atoms with Crippen molar-refractivity contribution in [1.29, 1.82) is 0 Å². The SMILES string of the molecule is CC(C)(C)c1noc(CCC(=O)Nc2ccccc2CN2CCCC(C(N)=O)C2)n1. The molecule has 8 nitrogen and oxygen atoms in total. The number of carbonyl (C=O) groups is 2. The molecule has 3 N–H and O–H groups in total. The zero-order valence-corrected chi connectivity index (χ0v) is 18.0. The molecule has 1 aliphatic rings. The van der Waals surface area contributed by atoms with Crippen LogP contribution in [0.5, 0.6) is 0 Å². The van der Waals surface area contributed by atoms with Gasteiger partial charge in [0.25, 0.3) is 0 Å². The topological polar surface area (TPSA) is 114 Å². The minimum atomic E-state index is -0.239. The molecule has 1 aliphatic heterocycles. The summed E-state index contributed by atoms with van der Waals surface area (Å²) in [6, 6.07) is 7.74. The summed E-state index contributed by atoms with van der Waals surface area (Å²) in [5.41, 5.74) is 7.10. The van der Waals surface area contributed by atoms with Crippen LogP contribution in [-0.2, 0) is 28.0 Å². The van der Waals surface area contributed by atoms with Crippen LogP contribution in [0.4, 0.5) is 5.69 Å². The lowest BCUT2D eigenvalue weighted by Crippen LogP contribution is -2.40. The number of benzene rings is 1. The maximum absolute atomic E-state index is 12.5. The molecule has 0 saturated carbocycles. The smallest absolute Gasteiger partial charge is 0.227 e. The van der Waals surface area contributed by atoms with Crippen molar-refractivity contribution >= 4 is 17.5 Å². The van der Waals surface area contributed by atoms with Crippen LogP contribution in [0, 0.1) is 5.92 Å². The molecule has 162 valence electrons. The number of nitrogens with zero attached hydrogens (tertiary/aromatic N) is 3. The Kier molecular flexibility index (Phi) is 6.87. The molecule has 3 rings (SSSR count). The van der Waals surface area contributed by atoms with Gasteiger partial charge in [0.15, 0.2) is 5.82 Å². The van der Waals surface area contributed by atoms with E-state index < -0.39 is 0 Å². The van der Waals surface area contributed by atoms with E-state index in [-0.39, 0.29) is 29.6 Å². The van der Waals surface area contributed by atoms with Gasteiger partial charge < -0.3 is 15.6 Å². The highest BCUT2D eigenvalue weighted by Gasteiger charge is 2.24. The van der Waals surface area contributed by atoms with Gasteiger partial charge in [-0.15, -0.1) is 0 Å². The summed E-state index contributed by atoms with van der Waals surface area (Å²) in [5, 5.41) is 6.99. The summed E-state index contributed by atoms with van der Waals surface area (Å²) in [6.07, 6.45) is 2.44. The Morgan fingerprint density at radius 1 is 1.30 bits per heavy atom. The second-order valence-corrected chi connectivity index (χ2v) is 8.94. The number of amides is 2. The van der Waals surface area contributed by atoms with E-state index in [0.29, 0.717) is 31.2 Å². The summed E-state index contributed by atoms with van der Waals surface area (Å²) in [6.45, 7) is 8.28. The molecule has 1 aromatic carbocycles. The van der Waals surface area contributed by atoms with Crippen molar-refractivity contribution in [2.75, 3.05) is 18.4 Å².